The van der Waals surface area contributed by atoms with Crippen LogP contribution >= 0.6 is 11.8 Å². The van der Waals surface area contributed by atoms with Gasteiger partial charge in [0.25, 0.3) is 0 Å². The molecule has 17 heavy (non-hydrogen) atoms. The second-order valence-corrected chi connectivity index (χ2v) is 6.64. The Bertz CT molecular complexity index is 446. The Morgan fingerprint density at radius 2 is 2.29 bits per heavy atom. The molecule has 1 aromatic rings. The largest absolute Gasteiger partial charge is 0.486 e. The lowest BCUT2D eigenvalue weighted by atomic mass is 9.84. The summed E-state index contributed by atoms with van der Waals surface area (Å²) in [5.74, 6) is 2.01. The van der Waals surface area contributed by atoms with Crippen LogP contribution in [0.3, 0.4) is 0 Å². The van der Waals surface area contributed by atoms with E-state index in [1.807, 2.05) is 30.8 Å². The Labute approximate surface area is 106 Å². The van der Waals surface area contributed by atoms with E-state index in [0.717, 1.165) is 29.9 Å². The predicted molar refractivity (Wildman–Crippen MR) is 70.7 cm³/mol. The minimum atomic E-state index is -0.375. The zero-order valence-corrected chi connectivity index (χ0v) is 11.1. The number of benzene rings is 1. The Morgan fingerprint density at radius 3 is 3.00 bits per heavy atom. The predicted octanol–water partition coefficient (Wildman–Crippen LogP) is 3.08. The first kappa shape index (κ1) is 11.4. The molecule has 0 saturated carbocycles. The monoisotopic (exact) mass is 250 g/mol. The minimum Gasteiger partial charge on any atom is -0.486 e. The molecule has 0 amide bonds. The fourth-order valence-corrected chi connectivity index (χ4v) is 4.27. The zero-order chi connectivity index (χ0) is 12.0. The van der Waals surface area contributed by atoms with Crippen LogP contribution in [0.5, 0.6) is 5.75 Å². The van der Waals surface area contributed by atoms with Crippen molar-refractivity contribution in [2.24, 2.45) is 0 Å². The second-order valence-electron chi connectivity index (χ2n) is 5.19. The molecule has 2 aliphatic heterocycles. The molecule has 1 fully saturated rings. The quantitative estimate of drug-likeness (QED) is 0.767. The maximum Gasteiger partial charge on any atom is 0.126 e. The molecule has 2 aliphatic rings. The summed E-state index contributed by atoms with van der Waals surface area (Å²) < 4.78 is 6.24. The third kappa shape index (κ3) is 1.76. The molecule has 0 bridgehead atoms. The number of aliphatic hydroxyl groups is 1. The molecule has 3 rings (SSSR count). The first-order valence-corrected chi connectivity index (χ1v) is 7.25. The van der Waals surface area contributed by atoms with Crippen LogP contribution in [0.4, 0.5) is 0 Å². The third-order valence-corrected chi connectivity index (χ3v) is 5.38. The summed E-state index contributed by atoms with van der Waals surface area (Å²) in [5.41, 5.74) is 1.99. The highest BCUT2D eigenvalue weighted by atomic mass is 32.2. The number of hydrogen-bond donors (Lipinski definition) is 1. The molecule has 2 heterocycles. The first-order chi connectivity index (χ1) is 8.11. The number of aliphatic hydroxyl groups excluding tert-OH is 1. The van der Waals surface area contributed by atoms with Crippen molar-refractivity contribution in [2.75, 3.05) is 5.75 Å². The molecule has 0 aliphatic carbocycles. The molecule has 3 atom stereocenters. The van der Waals surface area contributed by atoms with Gasteiger partial charge in [-0.05, 0) is 38.2 Å². The maximum atomic E-state index is 10.3. The van der Waals surface area contributed by atoms with Gasteiger partial charge >= 0.3 is 0 Å². The average Bonchev–Trinajstić information content (AvgIpc) is 2.62. The van der Waals surface area contributed by atoms with E-state index in [0.29, 0.717) is 5.25 Å². The van der Waals surface area contributed by atoms with Crippen molar-refractivity contribution >= 4 is 11.8 Å². The molecular weight excluding hydrogens is 232 g/mol. The summed E-state index contributed by atoms with van der Waals surface area (Å²) in [6.07, 6.45) is 1.40. The van der Waals surface area contributed by atoms with E-state index in [2.05, 4.69) is 13.0 Å². The fraction of sp³-hybridized carbons (Fsp3) is 0.571. The van der Waals surface area contributed by atoms with Gasteiger partial charge in [0.1, 0.15) is 11.4 Å². The maximum absolute atomic E-state index is 10.3. The Hall–Kier alpha value is -0.670. The average molecular weight is 250 g/mol. The summed E-state index contributed by atoms with van der Waals surface area (Å²) >= 11 is 1.95. The summed E-state index contributed by atoms with van der Waals surface area (Å²) in [7, 11) is 0. The smallest absolute Gasteiger partial charge is 0.126 e. The van der Waals surface area contributed by atoms with Gasteiger partial charge in [-0.3, -0.25) is 0 Å². The lowest BCUT2D eigenvalue weighted by Crippen LogP contribution is -2.45. The van der Waals surface area contributed by atoms with Crippen LogP contribution in [0.2, 0.25) is 0 Å². The van der Waals surface area contributed by atoms with Crippen molar-refractivity contribution in [3.05, 3.63) is 29.3 Å². The number of ether oxygens (including phenoxy) is 1. The molecule has 3 heteroatoms. The molecule has 1 saturated heterocycles. The number of fused-ring (bicyclic) bond motifs is 1. The van der Waals surface area contributed by atoms with Gasteiger partial charge in [-0.15, -0.1) is 0 Å². The minimum absolute atomic E-state index is 0.146. The van der Waals surface area contributed by atoms with E-state index in [1.54, 1.807) is 0 Å². The van der Waals surface area contributed by atoms with Crippen molar-refractivity contribution in [3.63, 3.8) is 0 Å². The van der Waals surface area contributed by atoms with Crippen LogP contribution in [0, 0.1) is 6.92 Å². The van der Waals surface area contributed by atoms with Crippen molar-refractivity contribution in [3.8, 4) is 5.75 Å². The van der Waals surface area contributed by atoms with Crippen molar-refractivity contribution in [1.29, 1.82) is 0 Å². The topological polar surface area (TPSA) is 29.5 Å². The second kappa shape index (κ2) is 3.92. The standard InChI is InChI=1S/C14H18O2S/c1-9-3-4-13-11(7-9)12(15)8-14(16-13)5-6-17-10(14)2/h3-4,7,10,12,15H,5-6,8H2,1-2H3/t10?,12-,14?/m0/s1. The molecule has 2 unspecified atom stereocenters. The van der Waals surface area contributed by atoms with Gasteiger partial charge in [0, 0.05) is 17.2 Å². The summed E-state index contributed by atoms with van der Waals surface area (Å²) in [5, 5.41) is 10.8. The van der Waals surface area contributed by atoms with Gasteiger partial charge in [0.15, 0.2) is 0 Å². The number of hydrogen-bond acceptors (Lipinski definition) is 3. The van der Waals surface area contributed by atoms with Crippen LogP contribution in [0.25, 0.3) is 0 Å². The van der Waals surface area contributed by atoms with E-state index >= 15 is 0 Å². The number of aryl methyl sites for hydroxylation is 1. The van der Waals surface area contributed by atoms with Crippen LogP contribution < -0.4 is 4.74 Å². The molecule has 0 radical (unpaired) electrons. The SMILES string of the molecule is Cc1ccc2c(c1)[C@@H](O)CC1(CCSC1C)O2. The van der Waals surface area contributed by atoms with E-state index < -0.39 is 0 Å². The van der Waals surface area contributed by atoms with Crippen LogP contribution in [-0.2, 0) is 0 Å². The van der Waals surface area contributed by atoms with Gasteiger partial charge in [-0.25, -0.2) is 0 Å². The highest BCUT2D eigenvalue weighted by Crippen LogP contribution is 2.49. The van der Waals surface area contributed by atoms with E-state index in [9.17, 15) is 5.11 Å². The number of rotatable bonds is 0. The van der Waals surface area contributed by atoms with Crippen LogP contribution in [0.15, 0.2) is 18.2 Å². The van der Waals surface area contributed by atoms with E-state index in [1.165, 1.54) is 5.56 Å². The third-order valence-electron chi connectivity index (χ3n) is 4.01. The van der Waals surface area contributed by atoms with Crippen molar-refractivity contribution in [1.82, 2.24) is 0 Å². The van der Waals surface area contributed by atoms with Gasteiger partial charge in [0.05, 0.1) is 6.10 Å². The van der Waals surface area contributed by atoms with Gasteiger partial charge in [-0.2, -0.15) is 11.8 Å². The zero-order valence-electron chi connectivity index (χ0n) is 10.3. The van der Waals surface area contributed by atoms with Gasteiger partial charge in [-0.1, -0.05) is 11.6 Å². The fourth-order valence-electron chi connectivity index (χ4n) is 2.88. The Kier molecular flexibility index (Phi) is 2.64. The Morgan fingerprint density at radius 1 is 1.47 bits per heavy atom. The molecule has 92 valence electrons. The van der Waals surface area contributed by atoms with Gasteiger partial charge in [0.2, 0.25) is 0 Å². The van der Waals surface area contributed by atoms with Crippen molar-refractivity contribution < 1.29 is 9.84 Å². The lowest BCUT2D eigenvalue weighted by Gasteiger charge is -2.40. The summed E-state index contributed by atoms with van der Waals surface area (Å²) in [6.45, 7) is 4.26. The number of thioether (sulfide) groups is 1. The van der Waals surface area contributed by atoms with Gasteiger partial charge < -0.3 is 9.84 Å². The van der Waals surface area contributed by atoms with E-state index in [4.69, 9.17) is 4.74 Å². The first-order valence-electron chi connectivity index (χ1n) is 6.20. The van der Waals surface area contributed by atoms with Crippen LogP contribution in [-0.4, -0.2) is 21.7 Å². The normalized spacial score (nSPS) is 35.7. The van der Waals surface area contributed by atoms with E-state index in [-0.39, 0.29) is 11.7 Å². The molecule has 2 nitrogen and oxygen atoms in total. The molecular formula is C14H18O2S. The molecule has 1 N–H and O–H groups in total. The summed E-state index contributed by atoms with van der Waals surface area (Å²) in [4.78, 5) is 0. The van der Waals surface area contributed by atoms with Crippen molar-refractivity contribution in [2.45, 2.75) is 43.6 Å². The molecule has 1 spiro atoms. The lowest BCUT2D eigenvalue weighted by molar-refractivity contribution is -0.0103. The highest BCUT2D eigenvalue weighted by Gasteiger charge is 2.48. The summed E-state index contributed by atoms with van der Waals surface area (Å²) in [6, 6.07) is 6.10. The molecule has 0 aromatic heterocycles. The van der Waals surface area contributed by atoms with Crippen LogP contribution in [0.1, 0.15) is 37.0 Å². The Balaban J connectivity index is 2.01. The molecule has 1 aromatic carbocycles. The highest BCUT2D eigenvalue weighted by molar-refractivity contribution is 8.00.